The van der Waals surface area contributed by atoms with Crippen molar-refractivity contribution in [1.29, 1.82) is 0 Å². The standard InChI is InChI=1S/C11H8Br2N2/c12-7-8-3-1-4-9(14-8)10-5-2-6-11(13)15-10/h1-6H,7H2. The maximum atomic E-state index is 4.47. The number of hydrogen-bond donors (Lipinski definition) is 0. The number of rotatable bonds is 2. The van der Waals surface area contributed by atoms with Crippen LogP contribution in [0.4, 0.5) is 0 Å². The van der Waals surface area contributed by atoms with E-state index in [2.05, 4.69) is 41.8 Å². The van der Waals surface area contributed by atoms with Crippen LogP contribution in [-0.2, 0) is 5.33 Å². The van der Waals surface area contributed by atoms with Gasteiger partial charge in [-0.15, -0.1) is 0 Å². The van der Waals surface area contributed by atoms with Crippen LogP contribution in [0, 0.1) is 0 Å². The molecule has 0 saturated heterocycles. The molecule has 76 valence electrons. The molecule has 0 N–H and O–H groups in total. The van der Waals surface area contributed by atoms with Crippen molar-refractivity contribution in [1.82, 2.24) is 9.97 Å². The topological polar surface area (TPSA) is 25.8 Å². The second-order valence-corrected chi connectivity index (χ2v) is 4.37. The quantitative estimate of drug-likeness (QED) is 0.619. The summed E-state index contributed by atoms with van der Waals surface area (Å²) in [4.78, 5) is 8.83. The first-order valence-corrected chi connectivity index (χ1v) is 6.36. The average Bonchev–Trinajstić information content (AvgIpc) is 2.29. The summed E-state index contributed by atoms with van der Waals surface area (Å²) in [5.74, 6) is 0. The van der Waals surface area contributed by atoms with Gasteiger partial charge in [0.1, 0.15) is 4.60 Å². The highest BCUT2D eigenvalue weighted by Crippen LogP contribution is 2.17. The Morgan fingerprint density at radius 2 is 1.60 bits per heavy atom. The molecule has 0 spiro atoms. The van der Waals surface area contributed by atoms with Gasteiger partial charge >= 0.3 is 0 Å². The van der Waals surface area contributed by atoms with Crippen LogP contribution < -0.4 is 0 Å². The molecule has 0 unspecified atom stereocenters. The molecule has 0 radical (unpaired) electrons. The van der Waals surface area contributed by atoms with Gasteiger partial charge in [-0.25, -0.2) is 4.98 Å². The van der Waals surface area contributed by atoms with Crippen LogP contribution in [0.5, 0.6) is 0 Å². The van der Waals surface area contributed by atoms with Gasteiger partial charge < -0.3 is 0 Å². The Kier molecular flexibility index (Phi) is 3.49. The molecular formula is C11H8Br2N2. The van der Waals surface area contributed by atoms with Crippen LogP contribution in [0.2, 0.25) is 0 Å². The minimum Gasteiger partial charge on any atom is -0.250 e. The molecule has 2 nitrogen and oxygen atoms in total. The summed E-state index contributed by atoms with van der Waals surface area (Å²) in [5.41, 5.74) is 2.79. The van der Waals surface area contributed by atoms with Gasteiger partial charge in [0.15, 0.2) is 0 Å². The van der Waals surface area contributed by atoms with E-state index in [0.717, 1.165) is 27.0 Å². The first kappa shape index (κ1) is 10.8. The van der Waals surface area contributed by atoms with E-state index < -0.39 is 0 Å². The summed E-state index contributed by atoms with van der Waals surface area (Å²) in [7, 11) is 0. The summed E-state index contributed by atoms with van der Waals surface area (Å²) in [6.07, 6.45) is 0. The Morgan fingerprint density at radius 1 is 0.933 bits per heavy atom. The highest BCUT2D eigenvalue weighted by atomic mass is 79.9. The molecule has 0 aromatic carbocycles. The molecule has 15 heavy (non-hydrogen) atoms. The van der Waals surface area contributed by atoms with Gasteiger partial charge in [-0.05, 0) is 40.2 Å². The monoisotopic (exact) mass is 326 g/mol. The number of alkyl halides is 1. The highest BCUT2D eigenvalue weighted by Gasteiger charge is 2.01. The van der Waals surface area contributed by atoms with E-state index in [9.17, 15) is 0 Å². The third-order valence-corrected chi connectivity index (χ3v) is 2.94. The van der Waals surface area contributed by atoms with E-state index in [0.29, 0.717) is 0 Å². The molecule has 0 aliphatic rings. The first-order chi connectivity index (χ1) is 7.29. The molecule has 0 aliphatic carbocycles. The third kappa shape index (κ3) is 2.63. The zero-order chi connectivity index (χ0) is 10.7. The molecule has 0 bridgehead atoms. The Balaban J connectivity index is 2.44. The van der Waals surface area contributed by atoms with Crippen LogP contribution in [0.15, 0.2) is 41.0 Å². The molecule has 0 atom stereocenters. The van der Waals surface area contributed by atoms with Crippen molar-refractivity contribution in [3.63, 3.8) is 0 Å². The minimum atomic E-state index is 0.759. The Morgan fingerprint density at radius 3 is 2.27 bits per heavy atom. The predicted octanol–water partition coefficient (Wildman–Crippen LogP) is 3.80. The Hall–Kier alpha value is -0.740. The summed E-state index contributed by atoms with van der Waals surface area (Å²) in [6.45, 7) is 0. The Labute approximate surface area is 105 Å². The summed E-state index contributed by atoms with van der Waals surface area (Å²) in [5, 5.41) is 0.759. The van der Waals surface area contributed by atoms with E-state index in [1.54, 1.807) is 0 Å². The van der Waals surface area contributed by atoms with E-state index >= 15 is 0 Å². The lowest BCUT2D eigenvalue weighted by molar-refractivity contribution is 1.16. The second-order valence-electron chi connectivity index (χ2n) is 2.99. The lowest BCUT2D eigenvalue weighted by Gasteiger charge is -2.02. The van der Waals surface area contributed by atoms with Gasteiger partial charge in [0.05, 0.1) is 17.1 Å². The average molecular weight is 328 g/mol. The summed E-state index contributed by atoms with van der Waals surface area (Å²) >= 11 is 6.73. The second kappa shape index (κ2) is 4.86. The fourth-order valence-electron chi connectivity index (χ4n) is 1.25. The molecule has 4 heteroatoms. The van der Waals surface area contributed by atoms with Crippen LogP contribution >= 0.6 is 31.9 Å². The molecule has 0 aliphatic heterocycles. The zero-order valence-corrected chi connectivity index (χ0v) is 11.0. The number of halogens is 2. The predicted molar refractivity (Wildman–Crippen MR) is 67.8 cm³/mol. The van der Waals surface area contributed by atoms with Crippen LogP contribution in [0.1, 0.15) is 5.69 Å². The number of nitrogens with zero attached hydrogens (tertiary/aromatic N) is 2. The smallest absolute Gasteiger partial charge is 0.106 e. The molecule has 0 fully saturated rings. The van der Waals surface area contributed by atoms with Crippen molar-refractivity contribution in [2.75, 3.05) is 0 Å². The van der Waals surface area contributed by atoms with Gasteiger partial charge in [0.25, 0.3) is 0 Å². The molecule has 0 amide bonds. The third-order valence-electron chi connectivity index (χ3n) is 1.92. The van der Waals surface area contributed by atoms with Gasteiger partial charge in [0.2, 0.25) is 0 Å². The van der Waals surface area contributed by atoms with Gasteiger partial charge in [-0.2, -0.15) is 0 Å². The lowest BCUT2D eigenvalue weighted by Crippen LogP contribution is -1.90. The van der Waals surface area contributed by atoms with E-state index in [1.807, 2.05) is 36.4 Å². The van der Waals surface area contributed by atoms with E-state index in [1.165, 1.54) is 0 Å². The normalized spacial score (nSPS) is 10.3. The first-order valence-electron chi connectivity index (χ1n) is 4.44. The Bertz CT molecular complexity index is 472. The molecular weight excluding hydrogens is 320 g/mol. The van der Waals surface area contributed by atoms with Gasteiger partial charge in [-0.3, -0.25) is 4.98 Å². The van der Waals surface area contributed by atoms with Crippen molar-refractivity contribution in [2.45, 2.75) is 5.33 Å². The zero-order valence-electron chi connectivity index (χ0n) is 7.82. The molecule has 2 rings (SSSR count). The largest absolute Gasteiger partial charge is 0.250 e. The molecule has 2 heterocycles. The van der Waals surface area contributed by atoms with Crippen molar-refractivity contribution in [2.24, 2.45) is 0 Å². The fourth-order valence-corrected chi connectivity index (χ4v) is 1.90. The van der Waals surface area contributed by atoms with E-state index in [-0.39, 0.29) is 0 Å². The number of pyridine rings is 2. The number of hydrogen-bond acceptors (Lipinski definition) is 2. The van der Waals surface area contributed by atoms with Crippen molar-refractivity contribution >= 4 is 31.9 Å². The van der Waals surface area contributed by atoms with Gasteiger partial charge in [0, 0.05) is 5.33 Å². The van der Waals surface area contributed by atoms with Crippen LogP contribution in [0.25, 0.3) is 11.4 Å². The minimum absolute atomic E-state index is 0.759. The van der Waals surface area contributed by atoms with Crippen molar-refractivity contribution < 1.29 is 0 Å². The fraction of sp³-hybridized carbons (Fsp3) is 0.0909. The SMILES string of the molecule is BrCc1cccc(-c2cccc(Br)n2)n1. The summed E-state index contributed by atoms with van der Waals surface area (Å²) < 4.78 is 0.825. The van der Waals surface area contributed by atoms with Crippen LogP contribution in [0.3, 0.4) is 0 Å². The van der Waals surface area contributed by atoms with Crippen molar-refractivity contribution in [3.8, 4) is 11.4 Å². The van der Waals surface area contributed by atoms with Gasteiger partial charge in [-0.1, -0.05) is 28.1 Å². The van der Waals surface area contributed by atoms with E-state index in [4.69, 9.17) is 0 Å². The molecule has 0 saturated carbocycles. The van der Waals surface area contributed by atoms with Crippen molar-refractivity contribution in [3.05, 3.63) is 46.7 Å². The highest BCUT2D eigenvalue weighted by molar-refractivity contribution is 9.10. The summed E-state index contributed by atoms with van der Waals surface area (Å²) in [6, 6.07) is 11.7. The maximum Gasteiger partial charge on any atom is 0.106 e. The maximum absolute atomic E-state index is 4.47. The number of aromatic nitrogens is 2. The van der Waals surface area contributed by atoms with Crippen LogP contribution in [-0.4, -0.2) is 9.97 Å². The molecule has 2 aromatic heterocycles. The molecule has 2 aromatic rings. The lowest BCUT2D eigenvalue weighted by atomic mass is 10.2.